The Morgan fingerprint density at radius 2 is 1.89 bits per heavy atom. The molecule has 1 unspecified atom stereocenters. The van der Waals surface area contributed by atoms with Crippen LogP contribution in [0.5, 0.6) is 5.75 Å². The highest BCUT2D eigenvalue weighted by Crippen LogP contribution is 2.24. The van der Waals surface area contributed by atoms with Gasteiger partial charge in [-0.25, -0.2) is 4.39 Å². The summed E-state index contributed by atoms with van der Waals surface area (Å²) in [7, 11) is 1.67. The van der Waals surface area contributed by atoms with E-state index in [2.05, 4.69) is 38.3 Å². The number of rotatable bonds is 7. The first-order valence-electron chi connectivity index (χ1n) is 8.78. The average molecular weight is 460 g/mol. The molecule has 0 spiro atoms. The van der Waals surface area contributed by atoms with Crippen molar-refractivity contribution in [1.82, 2.24) is 10.2 Å². The van der Waals surface area contributed by atoms with E-state index < -0.39 is 0 Å². The van der Waals surface area contributed by atoms with Crippen LogP contribution in [-0.2, 0) is 11.3 Å². The lowest BCUT2D eigenvalue weighted by atomic mass is 10.0. The lowest BCUT2D eigenvalue weighted by Gasteiger charge is -2.35. The molecule has 7 heteroatoms. The van der Waals surface area contributed by atoms with E-state index in [9.17, 15) is 4.39 Å². The van der Waals surface area contributed by atoms with E-state index in [0.29, 0.717) is 12.1 Å². The molecule has 1 fully saturated rings. The summed E-state index contributed by atoms with van der Waals surface area (Å²) in [6.07, 6.45) is 0. The van der Waals surface area contributed by atoms with Crippen molar-refractivity contribution >= 4 is 28.3 Å². The zero-order valence-electron chi connectivity index (χ0n) is 15.3. The van der Waals surface area contributed by atoms with Crippen LogP contribution in [0.2, 0.25) is 0 Å². The first kappa shape index (κ1) is 22.1. The normalized spacial score (nSPS) is 15.8. The molecule has 0 aliphatic carbocycles. The highest BCUT2D eigenvalue weighted by molar-refractivity contribution is 9.10. The number of halogens is 3. The molecule has 3 rings (SSSR count). The summed E-state index contributed by atoms with van der Waals surface area (Å²) in [5, 5.41) is 3.42. The van der Waals surface area contributed by atoms with E-state index in [1.165, 1.54) is 11.6 Å². The molecular weight excluding hydrogens is 435 g/mol. The van der Waals surface area contributed by atoms with Crippen LogP contribution in [0.1, 0.15) is 17.2 Å². The summed E-state index contributed by atoms with van der Waals surface area (Å²) in [4.78, 5) is 2.41. The topological polar surface area (TPSA) is 33.7 Å². The Hall–Kier alpha value is -1.18. The molecule has 1 aliphatic rings. The van der Waals surface area contributed by atoms with Gasteiger partial charge in [0.2, 0.25) is 0 Å². The van der Waals surface area contributed by atoms with Crippen LogP contribution in [0.4, 0.5) is 4.39 Å². The van der Waals surface area contributed by atoms with Crippen molar-refractivity contribution in [3.05, 3.63) is 63.9 Å². The fourth-order valence-corrected chi connectivity index (χ4v) is 3.60. The first-order chi connectivity index (χ1) is 12.7. The fourth-order valence-electron chi connectivity index (χ4n) is 3.20. The van der Waals surface area contributed by atoms with Gasteiger partial charge in [0.1, 0.15) is 11.6 Å². The number of nitrogens with one attached hydrogen (secondary N) is 1. The highest BCUT2D eigenvalue weighted by Gasteiger charge is 2.22. The zero-order valence-corrected chi connectivity index (χ0v) is 17.7. The molecule has 1 N–H and O–H groups in total. The molecule has 27 heavy (non-hydrogen) atoms. The second kappa shape index (κ2) is 11.0. The number of ether oxygens (including phenoxy) is 2. The van der Waals surface area contributed by atoms with E-state index in [1.54, 1.807) is 13.2 Å². The predicted molar refractivity (Wildman–Crippen MR) is 111 cm³/mol. The van der Waals surface area contributed by atoms with Gasteiger partial charge < -0.3 is 14.8 Å². The van der Waals surface area contributed by atoms with Gasteiger partial charge in [-0.1, -0.05) is 28.1 Å². The van der Waals surface area contributed by atoms with Crippen LogP contribution < -0.4 is 10.1 Å². The van der Waals surface area contributed by atoms with E-state index in [4.69, 9.17) is 9.47 Å². The molecule has 1 heterocycles. The molecule has 0 bridgehead atoms. The summed E-state index contributed by atoms with van der Waals surface area (Å²) >= 11 is 3.40. The highest BCUT2D eigenvalue weighted by atomic mass is 79.9. The van der Waals surface area contributed by atoms with Crippen molar-refractivity contribution in [2.75, 3.05) is 40.0 Å². The van der Waals surface area contributed by atoms with Crippen molar-refractivity contribution < 1.29 is 13.9 Å². The standard InChI is InChI=1S/C20H24BrFN2O2.ClH/c1-25-18-5-2-15(3-6-18)20(24-8-10-26-11-9-24)14-23-13-16-12-17(21)4-7-19(16)22;/h2-7,12,20,23H,8-11,13-14H2,1H3;1H. The van der Waals surface area contributed by atoms with Crippen molar-refractivity contribution in [2.45, 2.75) is 12.6 Å². The van der Waals surface area contributed by atoms with Crippen molar-refractivity contribution in [1.29, 1.82) is 0 Å². The van der Waals surface area contributed by atoms with Gasteiger partial charge in [0.15, 0.2) is 0 Å². The average Bonchev–Trinajstić information content (AvgIpc) is 2.69. The first-order valence-corrected chi connectivity index (χ1v) is 9.57. The molecule has 2 aromatic rings. The van der Waals surface area contributed by atoms with Crippen LogP contribution in [0.15, 0.2) is 46.9 Å². The third kappa shape index (κ3) is 6.16. The molecule has 2 aromatic carbocycles. The lowest BCUT2D eigenvalue weighted by molar-refractivity contribution is 0.0161. The number of morpholine rings is 1. The minimum atomic E-state index is -0.187. The Morgan fingerprint density at radius 1 is 1.19 bits per heavy atom. The minimum absolute atomic E-state index is 0. The lowest BCUT2D eigenvalue weighted by Crippen LogP contribution is -2.42. The van der Waals surface area contributed by atoms with Crippen molar-refractivity contribution in [2.24, 2.45) is 0 Å². The summed E-state index contributed by atoms with van der Waals surface area (Å²) in [5.74, 6) is 0.659. The molecular formula is C20H25BrClFN2O2. The molecule has 1 aliphatic heterocycles. The molecule has 4 nitrogen and oxygen atoms in total. The Kier molecular flexibility index (Phi) is 8.99. The van der Waals surface area contributed by atoms with Gasteiger partial charge in [0.05, 0.1) is 20.3 Å². The Morgan fingerprint density at radius 3 is 2.56 bits per heavy atom. The summed E-state index contributed by atoms with van der Waals surface area (Å²) in [6.45, 7) is 4.49. The number of hydrogen-bond donors (Lipinski definition) is 1. The third-order valence-corrected chi connectivity index (χ3v) is 5.14. The van der Waals surface area contributed by atoms with Crippen LogP contribution in [0, 0.1) is 5.82 Å². The molecule has 0 saturated carbocycles. The van der Waals surface area contributed by atoms with Gasteiger partial charge in [-0.2, -0.15) is 0 Å². The molecule has 0 amide bonds. The molecule has 148 valence electrons. The fraction of sp³-hybridized carbons (Fsp3) is 0.400. The van der Waals surface area contributed by atoms with Gasteiger partial charge >= 0.3 is 0 Å². The molecule has 1 saturated heterocycles. The molecule has 0 radical (unpaired) electrons. The van der Waals surface area contributed by atoms with Crippen LogP contribution >= 0.6 is 28.3 Å². The van der Waals surface area contributed by atoms with Gasteiger partial charge in [-0.05, 0) is 35.9 Å². The van der Waals surface area contributed by atoms with Gasteiger partial charge in [0.25, 0.3) is 0 Å². The van der Waals surface area contributed by atoms with Gasteiger partial charge in [-0.3, -0.25) is 4.90 Å². The Bertz CT molecular complexity index is 712. The van der Waals surface area contributed by atoms with E-state index in [-0.39, 0.29) is 24.3 Å². The maximum Gasteiger partial charge on any atom is 0.127 e. The molecule has 0 aromatic heterocycles. The smallest absolute Gasteiger partial charge is 0.127 e. The quantitative estimate of drug-likeness (QED) is 0.673. The maximum absolute atomic E-state index is 14.0. The second-order valence-electron chi connectivity index (χ2n) is 6.30. The third-order valence-electron chi connectivity index (χ3n) is 4.65. The molecule has 1 atom stereocenters. The maximum atomic E-state index is 14.0. The van der Waals surface area contributed by atoms with E-state index in [1.807, 2.05) is 18.2 Å². The second-order valence-corrected chi connectivity index (χ2v) is 7.22. The summed E-state index contributed by atoms with van der Waals surface area (Å²) in [6, 6.07) is 13.4. The summed E-state index contributed by atoms with van der Waals surface area (Å²) < 4.78 is 25.6. The van der Waals surface area contributed by atoms with Crippen LogP contribution in [0.25, 0.3) is 0 Å². The van der Waals surface area contributed by atoms with Gasteiger partial charge in [-0.15, -0.1) is 12.4 Å². The summed E-state index contributed by atoms with van der Waals surface area (Å²) in [5.41, 5.74) is 1.88. The number of nitrogens with zero attached hydrogens (tertiary/aromatic N) is 1. The van der Waals surface area contributed by atoms with Crippen molar-refractivity contribution in [3.63, 3.8) is 0 Å². The Balaban J connectivity index is 0.00000261. The van der Waals surface area contributed by atoms with E-state index in [0.717, 1.165) is 43.1 Å². The number of hydrogen-bond acceptors (Lipinski definition) is 4. The number of benzene rings is 2. The Labute approximate surface area is 174 Å². The largest absolute Gasteiger partial charge is 0.497 e. The van der Waals surface area contributed by atoms with Crippen LogP contribution in [-0.4, -0.2) is 44.9 Å². The zero-order chi connectivity index (χ0) is 18.4. The van der Waals surface area contributed by atoms with Gasteiger partial charge in [0, 0.05) is 42.3 Å². The van der Waals surface area contributed by atoms with Crippen LogP contribution in [0.3, 0.4) is 0 Å². The number of methoxy groups -OCH3 is 1. The van der Waals surface area contributed by atoms with Crippen molar-refractivity contribution in [3.8, 4) is 5.75 Å². The monoisotopic (exact) mass is 458 g/mol. The predicted octanol–water partition coefficient (Wildman–Crippen LogP) is 4.18. The SMILES string of the molecule is COc1ccc(C(CNCc2cc(Br)ccc2F)N2CCOCC2)cc1.Cl. The van der Waals surface area contributed by atoms with E-state index >= 15 is 0 Å². The minimum Gasteiger partial charge on any atom is -0.497 e.